The number of ether oxygens (including phenoxy) is 1. The van der Waals surface area contributed by atoms with Crippen molar-refractivity contribution >= 4 is 39.7 Å². The lowest BCUT2D eigenvalue weighted by Crippen LogP contribution is -2.12. The molecule has 3 aromatic rings. The van der Waals surface area contributed by atoms with Crippen LogP contribution in [0, 0.1) is 10.1 Å². The number of non-ortho nitro benzene ring substituents is 1. The molecule has 0 saturated carbocycles. The number of anilines is 1. The molecule has 0 fully saturated rings. The number of halogens is 1. The maximum atomic E-state index is 12.4. The summed E-state index contributed by atoms with van der Waals surface area (Å²) >= 11 is 7.25. The van der Waals surface area contributed by atoms with Gasteiger partial charge >= 0.3 is 0 Å². The van der Waals surface area contributed by atoms with Crippen molar-refractivity contribution in [2.45, 2.75) is 6.92 Å². The van der Waals surface area contributed by atoms with Crippen molar-refractivity contribution in [2.24, 2.45) is 0 Å². The highest BCUT2D eigenvalue weighted by Gasteiger charge is 2.17. The third-order valence-electron chi connectivity index (χ3n) is 3.60. The van der Waals surface area contributed by atoms with Gasteiger partial charge in [0.1, 0.15) is 5.75 Å². The quantitative estimate of drug-likeness (QED) is 0.460. The summed E-state index contributed by atoms with van der Waals surface area (Å²) in [6.45, 7) is 2.43. The lowest BCUT2D eigenvalue weighted by atomic mass is 10.1. The predicted molar refractivity (Wildman–Crippen MR) is 105 cm³/mol. The predicted octanol–water partition coefficient (Wildman–Crippen LogP) is 5.02. The Kier molecular flexibility index (Phi) is 5.68. The van der Waals surface area contributed by atoms with Crippen LogP contribution in [-0.4, -0.2) is 22.4 Å². The first-order valence-electron chi connectivity index (χ1n) is 7.92. The molecule has 3 rings (SSSR count). The van der Waals surface area contributed by atoms with E-state index in [1.165, 1.54) is 23.5 Å². The summed E-state index contributed by atoms with van der Waals surface area (Å²) in [6, 6.07) is 11.2. The lowest BCUT2D eigenvalue weighted by Gasteiger charge is -2.07. The van der Waals surface area contributed by atoms with E-state index in [0.717, 1.165) is 11.6 Å². The summed E-state index contributed by atoms with van der Waals surface area (Å²) in [5.41, 5.74) is 1.45. The van der Waals surface area contributed by atoms with E-state index in [0.29, 0.717) is 23.2 Å². The van der Waals surface area contributed by atoms with Crippen LogP contribution in [0.25, 0.3) is 11.3 Å². The molecule has 27 heavy (non-hydrogen) atoms. The van der Waals surface area contributed by atoms with E-state index in [1.54, 1.807) is 0 Å². The van der Waals surface area contributed by atoms with E-state index in [1.807, 2.05) is 36.6 Å². The highest BCUT2D eigenvalue weighted by atomic mass is 35.5. The van der Waals surface area contributed by atoms with Gasteiger partial charge in [0.15, 0.2) is 5.13 Å². The van der Waals surface area contributed by atoms with Crippen LogP contribution in [0.5, 0.6) is 5.75 Å². The van der Waals surface area contributed by atoms with Crippen LogP contribution in [0.1, 0.15) is 17.3 Å². The summed E-state index contributed by atoms with van der Waals surface area (Å²) in [7, 11) is 0. The van der Waals surface area contributed by atoms with Gasteiger partial charge in [-0.1, -0.05) is 23.7 Å². The number of nitrogens with one attached hydrogen (secondary N) is 1. The van der Waals surface area contributed by atoms with Crippen molar-refractivity contribution in [3.63, 3.8) is 0 Å². The second-order valence-corrected chi connectivity index (χ2v) is 6.61. The fourth-order valence-corrected chi connectivity index (χ4v) is 3.35. The Morgan fingerprint density at radius 2 is 2.11 bits per heavy atom. The van der Waals surface area contributed by atoms with E-state index >= 15 is 0 Å². The number of carbonyl (C=O) groups is 1. The van der Waals surface area contributed by atoms with E-state index in [-0.39, 0.29) is 16.3 Å². The van der Waals surface area contributed by atoms with Crippen molar-refractivity contribution in [3.8, 4) is 17.0 Å². The second kappa shape index (κ2) is 8.15. The zero-order valence-corrected chi connectivity index (χ0v) is 15.7. The smallest absolute Gasteiger partial charge is 0.270 e. The van der Waals surface area contributed by atoms with Crippen LogP contribution in [0.4, 0.5) is 10.8 Å². The minimum Gasteiger partial charge on any atom is -0.493 e. The number of amides is 1. The summed E-state index contributed by atoms with van der Waals surface area (Å²) in [5, 5.41) is 15.6. The summed E-state index contributed by atoms with van der Waals surface area (Å²) in [5.74, 6) is 0.218. The Bertz CT molecular complexity index is 1010. The lowest BCUT2D eigenvalue weighted by molar-refractivity contribution is -0.384. The molecule has 1 heterocycles. The number of nitro groups is 1. The molecular weight excluding hydrogens is 390 g/mol. The molecule has 0 bridgehead atoms. The SMILES string of the molecule is CCOc1ccccc1-c1csc(NC(=O)c2ccc([N+](=O)[O-])cc2Cl)n1. The number of aromatic nitrogens is 1. The number of benzene rings is 2. The first-order valence-corrected chi connectivity index (χ1v) is 9.18. The van der Waals surface area contributed by atoms with Crippen molar-refractivity contribution < 1.29 is 14.5 Å². The third-order valence-corrected chi connectivity index (χ3v) is 4.67. The van der Waals surface area contributed by atoms with Gasteiger partial charge in [-0.25, -0.2) is 4.98 Å². The molecule has 0 aliphatic heterocycles. The minimum absolute atomic E-state index is 0.000158. The monoisotopic (exact) mass is 403 g/mol. The van der Waals surface area contributed by atoms with Gasteiger partial charge in [-0.05, 0) is 25.1 Å². The van der Waals surface area contributed by atoms with Gasteiger partial charge in [-0.15, -0.1) is 11.3 Å². The largest absolute Gasteiger partial charge is 0.493 e. The molecule has 0 aliphatic carbocycles. The Labute approximate surface area is 163 Å². The van der Waals surface area contributed by atoms with Crippen molar-refractivity contribution in [1.29, 1.82) is 0 Å². The number of hydrogen-bond donors (Lipinski definition) is 1. The fraction of sp³-hybridized carbons (Fsp3) is 0.111. The number of nitrogens with zero attached hydrogens (tertiary/aromatic N) is 2. The number of hydrogen-bond acceptors (Lipinski definition) is 6. The maximum absolute atomic E-state index is 12.4. The number of para-hydroxylation sites is 1. The second-order valence-electron chi connectivity index (χ2n) is 5.34. The number of thiazole rings is 1. The van der Waals surface area contributed by atoms with E-state index in [9.17, 15) is 14.9 Å². The van der Waals surface area contributed by atoms with Crippen LogP contribution in [0.2, 0.25) is 5.02 Å². The molecule has 1 aromatic heterocycles. The topological polar surface area (TPSA) is 94.4 Å². The molecule has 2 aromatic carbocycles. The molecule has 0 saturated heterocycles. The number of rotatable bonds is 6. The minimum atomic E-state index is -0.573. The average Bonchev–Trinajstić information content (AvgIpc) is 3.10. The molecular formula is C18H14ClN3O4S. The Balaban J connectivity index is 1.80. The van der Waals surface area contributed by atoms with Gasteiger partial charge in [0.25, 0.3) is 11.6 Å². The molecule has 7 nitrogen and oxygen atoms in total. The summed E-state index contributed by atoms with van der Waals surface area (Å²) < 4.78 is 5.60. The molecule has 1 amide bonds. The highest BCUT2D eigenvalue weighted by Crippen LogP contribution is 2.32. The van der Waals surface area contributed by atoms with Crippen LogP contribution >= 0.6 is 22.9 Å². The molecule has 9 heteroatoms. The Morgan fingerprint density at radius 3 is 2.81 bits per heavy atom. The van der Waals surface area contributed by atoms with Crippen LogP contribution < -0.4 is 10.1 Å². The number of carbonyl (C=O) groups excluding carboxylic acids is 1. The normalized spacial score (nSPS) is 10.4. The van der Waals surface area contributed by atoms with Gasteiger partial charge in [0, 0.05) is 23.1 Å². The van der Waals surface area contributed by atoms with Gasteiger partial charge in [-0.3, -0.25) is 20.2 Å². The molecule has 0 unspecified atom stereocenters. The molecule has 0 spiro atoms. The first-order chi connectivity index (χ1) is 13.0. The van der Waals surface area contributed by atoms with Gasteiger partial charge in [0.05, 0.1) is 27.8 Å². The number of nitro benzene ring substituents is 1. The molecule has 138 valence electrons. The average molecular weight is 404 g/mol. The standard InChI is InChI=1S/C18H14ClN3O4S/c1-2-26-16-6-4-3-5-13(16)15-10-27-18(20-15)21-17(23)12-8-7-11(22(24)25)9-14(12)19/h3-10H,2H2,1H3,(H,20,21,23). The summed E-state index contributed by atoms with van der Waals surface area (Å²) in [4.78, 5) is 27.0. The first kappa shape index (κ1) is 18.8. The van der Waals surface area contributed by atoms with E-state index < -0.39 is 10.8 Å². The maximum Gasteiger partial charge on any atom is 0.270 e. The van der Waals surface area contributed by atoms with Gasteiger partial charge in [0.2, 0.25) is 0 Å². The van der Waals surface area contributed by atoms with Crippen LogP contribution in [0.15, 0.2) is 47.8 Å². The Morgan fingerprint density at radius 1 is 1.33 bits per heavy atom. The van der Waals surface area contributed by atoms with Gasteiger partial charge < -0.3 is 4.74 Å². The molecule has 0 radical (unpaired) electrons. The zero-order valence-electron chi connectivity index (χ0n) is 14.1. The Hall–Kier alpha value is -2.97. The van der Waals surface area contributed by atoms with Crippen molar-refractivity contribution in [1.82, 2.24) is 4.98 Å². The zero-order chi connectivity index (χ0) is 19.4. The summed E-state index contributed by atoms with van der Waals surface area (Å²) in [6.07, 6.45) is 0. The fourth-order valence-electron chi connectivity index (χ4n) is 2.38. The third kappa shape index (κ3) is 4.24. The van der Waals surface area contributed by atoms with E-state index in [2.05, 4.69) is 10.3 Å². The van der Waals surface area contributed by atoms with E-state index in [4.69, 9.17) is 16.3 Å². The highest BCUT2D eigenvalue weighted by molar-refractivity contribution is 7.14. The van der Waals surface area contributed by atoms with Crippen LogP contribution in [-0.2, 0) is 0 Å². The molecule has 1 N–H and O–H groups in total. The van der Waals surface area contributed by atoms with Crippen molar-refractivity contribution in [2.75, 3.05) is 11.9 Å². The van der Waals surface area contributed by atoms with Gasteiger partial charge in [-0.2, -0.15) is 0 Å². The van der Waals surface area contributed by atoms with Crippen LogP contribution in [0.3, 0.4) is 0 Å². The van der Waals surface area contributed by atoms with Crippen molar-refractivity contribution in [3.05, 3.63) is 68.5 Å². The molecule has 0 aliphatic rings. The molecule has 0 atom stereocenters.